The van der Waals surface area contributed by atoms with Crippen LogP contribution < -0.4 is 0 Å². The van der Waals surface area contributed by atoms with Crippen molar-refractivity contribution < 1.29 is 17.6 Å². The van der Waals surface area contributed by atoms with Gasteiger partial charge in [-0.25, -0.2) is 0 Å². The Labute approximate surface area is 115 Å². The van der Waals surface area contributed by atoms with E-state index >= 15 is 0 Å². The normalized spacial score (nSPS) is 18.6. The second-order valence-corrected chi connectivity index (χ2v) is 5.21. The molecule has 0 amide bonds. The third-order valence-corrected chi connectivity index (χ3v) is 3.93. The van der Waals surface area contributed by atoms with Crippen LogP contribution in [0.15, 0.2) is 46.9 Å². The quantitative estimate of drug-likeness (QED) is 0.593. The molecule has 2 aromatic rings. The number of benzene rings is 2. The molecule has 19 heavy (non-hydrogen) atoms. The minimum atomic E-state index is -3.44. The van der Waals surface area contributed by atoms with E-state index in [1.165, 1.54) is 24.3 Å². The topological polar surface area (TPSA) is 0 Å². The van der Waals surface area contributed by atoms with Gasteiger partial charge in [0.1, 0.15) is 0 Å². The van der Waals surface area contributed by atoms with E-state index in [4.69, 9.17) is 0 Å². The van der Waals surface area contributed by atoms with Gasteiger partial charge in [0.15, 0.2) is 0 Å². The second-order valence-electron chi connectivity index (χ2n) is 4.36. The third-order valence-electron chi connectivity index (χ3n) is 3.27. The molecule has 2 aromatic carbocycles. The fourth-order valence-electron chi connectivity index (χ4n) is 2.42. The van der Waals surface area contributed by atoms with Crippen LogP contribution in [0.1, 0.15) is 22.3 Å². The molecule has 3 rings (SSSR count). The molecule has 0 N–H and O–H groups in total. The smallest absolute Gasteiger partial charge is 0.196 e. The Morgan fingerprint density at radius 3 is 1.84 bits per heavy atom. The van der Waals surface area contributed by atoms with Gasteiger partial charge in [-0.2, -0.15) is 17.6 Å². The highest BCUT2D eigenvalue weighted by Crippen LogP contribution is 2.54. The summed E-state index contributed by atoms with van der Waals surface area (Å²) in [6, 6.07) is 8.50. The van der Waals surface area contributed by atoms with Crippen LogP contribution in [-0.2, 0) is 11.8 Å². The van der Waals surface area contributed by atoms with Gasteiger partial charge in [0.05, 0.1) is 0 Å². The number of halogens is 5. The summed E-state index contributed by atoms with van der Waals surface area (Å²) in [5.41, 5.74) is -2.57. The largest absolute Gasteiger partial charge is 0.300 e. The zero-order chi connectivity index (χ0) is 13.8. The lowest BCUT2D eigenvalue weighted by molar-refractivity contribution is -0.0120. The zero-order valence-electron chi connectivity index (χ0n) is 9.43. The van der Waals surface area contributed by atoms with Crippen LogP contribution in [0.2, 0.25) is 0 Å². The SMILES string of the molecule is FC1(F)c2ccccc2C(F)(F)c2c(Br)cccc21. The van der Waals surface area contributed by atoms with Crippen molar-refractivity contribution in [2.75, 3.05) is 0 Å². The highest BCUT2D eigenvalue weighted by molar-refractivity contribution is 9.10. The molecule has 0 radical (unpaired) electrons. The number of hydrogen-bond donors (Lipinski definition) is 0. The Hall–Kier alpha value is -1.36. The van der Waals surface area contributed by atoms with Gasteiger partial charge in [-0.1, -0.05) is 52.3 Å². The molecular weight excluding hydrogens is 324 g/mol. The van der Waals surface area contributed by atoms with Crippen LogP contribution in [-0.4, -0.2) is 0 Å². The van der Waals surface area contributed by atoms with E-state index in [2.05, 4.69) is 15.9 Å². The predicted octanol–water partition coefficient (Wildman–Crippen LogP) is 5.04. The summed E-state index contributed by atoms with van der Waals surface area (Å²) >= 11 is 2.95. The molecule has 0 heterocycles. The van der Waals surface area contributed by atoms with Gasteiger partial charge in [-0.05, 0) is 6.07 Å². The molecule has 1 aliphatic carbocycles. The molecule has 0 spiro atoms. The van der Waals surface area contributed by atoms with Gasteiger partial charge < -0.3 is 0 Å². The van der Waals surface area contributed by atoms with Crippen LogP contribution in [0.25, 0.3) is 0 Å². The van der Waals surface area contributed by atoms with Crippen LogP contribution >= 0.6 is 15.9 Å². The minimum Gasteiger partial charge on any atom is -0.196 e. The number of hydrogen-bond acceptors (Lipinski definition) is 0. The molecule has 0 saturated carbocycles. The number of rotatable bonds is 0. The third kappa shape index (κ3) is 1.57. The maximum atomic E-state index is 14.4. The molecule has 98 valence electrons. The van der Waals surface area contributed by atoms with E-state index in [1.807, 2.05) is 0 Å². The highest BCUT2D eigenvalue weighted by atomic mass is 79.9. The lowest BCUT2D eigenvalue weighted by atomic mass is 9.80. The first kappa shape index (κ1) is 12.7. The molecule has 0 fully saturated rings. The average molecular weight is 331 g/mol. The summed E-state index contributed by atoms with van der Waals surface area (Å²) in [6.45, 7) is 0. The van der Waals surface area contributed by atoms with Crippen molar-refractivity contribution in [2.45, 2.75) is 11.8 Å². The van der Waals surface area contributed by atoms with Crippen LogP contribution in [0.5, 0.6) is 0 Å². The summed E-state index contributed by atoms with van der Waals surface area (Å²) < 4.78 is 57.6. The lowest BCUT2D eigenvalue weighted by Gasteiger charge is -2.34. The highest BCUT2D eigenvalue weighted by Gasteiger charge is 2.53. The second kappa shape index (κ2) is 3.82. The van der Waals surface area contributed by atoms with Crippen molar-refractivity contribution in [3.63, 3.8) is 0 Å². The van der Waals surface area contributed by atoms with E-state index in [0.717, 1.165) is 18.2 Å². The monoisotopic (exact) mass is 330 g/mol. The van der Waals surface area contributed by atoms with Crippen molar-refractivity contribution in [3.05, 3.63) is 69.2 Å². The van der Waals surface area contributed by atoms with E-state index in [-0.39, 0.29) is 4.47 Å². The standard InChI is InChI=1S/C14H7BrF4/c15-11-7-3-6-10-12(11)14(18,19)9-5-2-1-4-8(9)13(10,16)17/h1-7H. The summed E-state index contributed by atoms with van der Waals surface area (Å²) in [4.78, 5) is 0. The van der Waals surface area contributed by atoms with Gasteiger partial charge in [-0.15, -0.1) is 0 Å². The molecule has 0 bridgehead atoms. The Kier molecular flexibility index (Phi) is 2.55. The fraction of sp³-hybridized carbons (Fsp3) is 0.143. The molecule has 0 aliphatic heterocycles. The molecule has 1 aliphatic rings. The fourth-order valence-corrected chi connectivity index (χ4v) is 3.03. The summed E-state index contributed by atoms with van der Waals surface area (Å²) in [6.07, 6.45) is 0. The van der Waals surface area contributed by atoms with E-state index < -0.39 is 34.1 Å². The maximum absolute atomic E-state index is 14.4. The van der Waals surface area contributed by atoms with E-state index in [1.54, 1.807) is 0 Å². The van der Waals surface area contributed by atoms with Crippen molar-refractivity contribution >= 4 is 15.9 Å². The number of alkyl halides is 4. The van der Waals surface area contributed by atoms with Gasteiger partial charge in [0, 0.05) is 26.7 Å². The minimum absolute atomic E-state index is 0.0100. The molecule has 5 heteroatoms. The zero-order valence-corrected chi connectivity index (χ0v) is 11.0. The molecule has 0 aromatic heterocycles. The van der Waals surface area contributed by atoms with Crippen molar-refractivity contribution in [3.8, 4) is 0 Å². The molecule has 0 saturated heterocycles. The predicted molar refractivity (Wildman–Crippen MR) is 66.6 cm³/mol. The Morgan fingerprint density at radius 1 is 0.684 bits per heavy atom. The molecule has 0 atom stereocenters. The average Bonchev–Trinajstić information content (AvgIpc) is 2.37. The van der Waals surface area contributed by atoms with Crippen molar-refractivity contribution in [2.24, 2.45) is 0 Å². The van der Waals surface area contributed by atoms with Crippen molar-refractivity contribution in [1.29, 1.82) is 0 Å². The summed E-state index contributed by atoms with van der Waals surface area (Å²) in [7, 11) is 0. The van der Waals surface area contributed by atoms with E-state index in [9.17, 15) is 17.6 Å². The van der Waals surface area contributed by atoms with Crippen molar-refractivity contribution in [1.82, 2.24) is 0 Å². The maximum Gasteiger partial charge on any atom is 0.300 e. The summed E-state index contributed by atoms with van der Waals surface area (Å²) in [5.74, 6) is -6.86. The van der Waals surface area contributed by atoms with E-state index in [0.29, 0.717) is 0 Å². The van der Waals surface area contributed by atoms with Gasteiger partial charge >= 0.3 is 5.92 Å². The number of fused-ring (bicyclic) bond motifs is 2. The van der Waals surface area contributed by atoms with Crippen LogP contribution in [0.4, 0.5) is 17.6 Å². The Morgan fingerprint density at radius 2 is 1.21 bits per heavy atom. The Bertz CT molecular complexity index is 664. The first-order chi connectivity index (χ1) is 8.87. The first-order valence-electron chi connectivity index (χ1n) is 5.52. The lowest BCUT2D eigenvalue weighted by Crippen LogP contribution is -2.33. The first-order valence-corrected chi connectivity index (χ1v) is 6.31. The van der Waals surface area contributed by atoms with Gasteiger partial charge in [-0.3, -0.25) is 0 Å². The van der Waals surface area contributed by atoms with Gasteiger partial charge in [0.2, 0.25) is 0 Å². The molecule has 0 unspecified atom stereocenters. The van der Waals surface area contributed by atoms with Gasteiger partial charge in [0.25, 0.3) is 5.92 Å². The molecular formula is C14H7BrF4. The summed E-state index contributed by atoms with van der Waals surface area (Å²) in [5, 5.41) is 0. The molecule has 0 nitrogen and oxygen atoms in total. The Balaban J connectivity index is 2.44. The van der Waals surface area contributed by atoms with Crippen LogP contribution in [0.3, 0.4) is 0 Å². The van der Waals surface area contributed by atoms with Crippen LogP contribution in [0, 0.1) is 0 Å².